The Morgan fingerprint density at radius 2 is 1.64 bits per heavy atom. The molecule has 0 saturated heterocycles. The number of aryl methyl sites for hydroxylation is 2. The summed E-state index contributed by atoms with van der Waals surface area (Å²) in [5.41, 5.74) is 4.07. The topological polar surface area (TPSA) is 81.1 Å². The summed E-state index contributed by atoms with van der Waals surface area (Å²) in [5, 5.41) is 3.74. The molecule has 166 valence electrons. The van der Waals surface area contributed by atoms with Gasteiger partial charge in [-0.1, -0.05) is 42.1 Å². The van der Waals surface area contributed by atoms with Crippen LogP contribution in [-0.2, 0) is 4.79 Å². The van der Waals surface area contributed by atoms with Crippen LogP contribution in [0.1, 0.15) is 28.4 Å². The Balaban J connectivity index is 1.69. The molecule has 1 heterocycles. The predicted octanol–water partition coefficient (Wildman–Crippen LogP) is 4.94. The van der Waals surface area contributed by atoms with Gasteiger partial charge in [0, 0.05) is 5.56 Å². The van der Waals surface area contributed by atoms with Crippen molar-refractivity contribution in [2.75, 3.05) is 11.1 Å². The van der Waals surface area contributed by atoms with E-state index in [4.69, 9.17) is 0 Å². The Bertz CT molecular complexity index is 1420. The molecule has 1 amide bonds. The summed E-state index contributed by atoms with van der Waals surface area (Å²) in [6.45, 7) is 5.41. The van der Waals surface area contributed by atoms with Gasteiger partial charge in [0.1, 0.15) is 0 Å². The first kappa shape index (κ1) is 22.5. The lowest BCUT2D eigenvalue weighted by Gasteiger charge is -2.15. The van der Waals surface area contributed by atoms with Gasteiger partial charge in [-0.15, -0.1) is 0 Å². The van der Waals surface area contributed by atoms with Gasteiger partial charge in [0.05, 0.1) is 28.0 Å². The molecule has 0 aliphatic rings. The second-order valence-electron chi connectivity index (χ2n) is 7.84. The molecule has 4 rings (SSSR count). The Morgan fingerprint density at radius 3 is 2.36 bits per heavy atom. The fourth-order valence-corrected chi connectivity index (χ4v) is 4.54. The lowest BCUT2D eigenvalue weighted by Crippen LogP contribution is -2.23. The molecule has 0 spiro atoms. The third-order valence-electron chi connectivity index (χ3n) is 5.12. The number of thioether (sulfide) groups is 1. The minimum absolute atomic E-state index is 0.0296. The average Bonchev–Trinajstić information content (AvgIpc) is 2.77. The zero-order valence-corrected chi connectivity index (χ0v) is 19.4. The van der Waals surface area contributed by atoms with E-state index in [1.807, 2.05) is 44.2 Å². The second kappa shape index (κ2) is 9.42. The number of amides is 1. The van der Waals surface area contributed by atoms with Gasteiger partial charge < -0.3 is 5.32 Å². The van der Waals surface area contributed by atoms with Crippen LogP contribution in [0, 0.1) is 13.8 Å². The van der Waals surface area contributed by atoms with Crippen LogP contribution in [0.4, 0.5) is 5.69 Å². The molecule has 0 aliphatic heterocycles. The van der Waals surface area contributed by atoms with Crippen molar-refractivity contribution in [1.29, 1.82) is 0 Å². The fourth-order valence-electron chi connectivity index (χ4n) is 3.73. The SMILES string of the molecule is CC(=O)c1ccccc1NC(=O)CSc1nc2ccccc2c(=O)n1-c1cc(C)cc(C)c1. The van der Waals surface area contributed by atoms with Crippen molar-refractivity contribution in [3.05, 3.63) is 93.8 Å². The van der Waals surface area contributed by atoms with Gasteiger partial charge in [-0.05, 0) is 68.3 Å². The molecule has 7 heteroatoms. The lowest BCUT2D eigenvalue weighted by atomic mass is 10.1. The maximum absolute atomic E-state index is 13.4. The van der Waals surface area contributed by atoms with Gasteiger partial charge in [-0.2, -0.15) is 0 Å². The number of hydrogen-bond donors (Lipinski definition) is 1. The van der Waals surface area contributed by atoms with Crippen LogP contribution >= 0.6 is 11.8 Å². The predicted molar refractivity (Wildman–Crippen MR) is 133 cm³/mol. The number of benzene rings is 3. The van der Waals surface area contributed by atoms with Crippen LogP contribution in [0.15, 0.2) is 76.7 Å². The van der Waals surface area contributed by atoms with Crippen LogP contribution in [0.5, 0.6) is 0 Å². The standard InChI is InChI=1S/C26H23N3O3S/c1-16-12-17(2)14-19(13-16)29-25(32)21-9-5-7-11-23(21)28-26(29)33-15-24(31)27-22-10-6-4-8-20(22)18(3)30/h4-14H,15H2,1-3H3,(H,27,31). The summed E-state index contributed by atoms with van der Waals surface area (Å²) in [4.78, 5) is 42.6. The summed E-state index contributed by atoms with van der Waals surface area (Å²) in [5.74, 6) is -0.386. The van der Waals surface area contributed by atoms with E-state index < -0.39 is 0 Å². The number of nitrogens with zero attached hydrogens (tertiary/aromatic N) is 2. The number of nitrogens with one attached hydrogen (secondary N) is 1. The third kappa shape index (κ3) is 4.88. The van der Waals surface area contributed by atoms with Gasteiger partial charge in [-0.3, -0.25) is 19.0 Å². The number of aromatic nitrogens is 2. The highest BCUT2D eigenvalue weighted by atomic mass is 32.2. The van der Waals surface area contributed by atoms with Gasteiger partial charge in [0.15, 0.2) is 10.9 Å². The number of fused-ring (bicyclic) bond motifs is 1. The highest BCUT2D eigenvalue weighted by molar-refractivity contribution is 7.99. The van der Waals surface area contributed by atoms with Crippen molar-refractivity contribution in [1.82, 2.24) is 9.55 Å². The molecule has 6 nitrogen and oxygen atoms in total. The van der Waals surface area contributed by atoms with Crippen LogP contribution in [0.25, 0.3) is 16.6 Å². The normalized spacial score (nSPS) is 10.9. The Labute approximate surface area is 195 Å². The van der Waals surface area contributed by atoms with Crippen LogP contribution < -0.4 is 10.9 Å². The molecule has 1 N–H and O–H groups in total. The third-order valence-corrected chi connectivity index (χ3v) is 6.06. The van der Waals surface area contributed by atoms with E-state index >= 15 is 0 Å². The summed E-state index contributed by atoms with van der Waals surface area (Å²) < 4.78 is 1.56. The monoisotopic (exact) mass is 457 g/mol. The van der Waals surface area contributed by atoms with Crippen molar-refractivity contribution in [3.63, 3.8) is 0 Å². The average molecular weight is 458 g/mol. The molecule has 0 aliphatic carbocycles. The van der Waals surface area contributed by atoms with E-state index in [0.29, 0.717) is 33.0 Å². The first-order chi connectivity index (χ1) is 15.8. The maximum atomic E-state index is 13.4. The molecule has 1 aromatic heterocycles. The Hall–Kier alpha value is -3.71. The van der Waals surface area contributed by atoms with Crippen molar-refractivity contribution < 1.29 is 9.59 Å². The zero-order valence-electron chi connectivity index (χ0n) is 18.6. The van der Waals surface area contributed by atoms with E-state index in [1.54, 1.807) is 41.0 Å². The van der Waals surface area contributed by atoms with E-state index in [-0.39, 0.29) is 23.0 Å². The van der Waals surface area contributed by atoms with Crippen molar-refractivity contribution in [2.45, 2.75) is 25.9 Å². The largest absolute Gasteiger partial charge is 0.325 e. The number of anilines is 1. The lowest BCUT2D eigenvalue weighted by molar-refractivity contribution is -0.113. The van der Waals surface area contributed by atoms with Crippen LogP contribution in [0.2, 0.25) is 0 Å². The van der Waals surface area contributed by atoms with Crippen LogP contribution in [-0.4, -0.2) is 27.0 Å². The number of Topliss-reactive ketones (excluding diaryl/α,β-unsaturated/α-hetero) is 1. The number of carbonyl (C=O) groups excluding carboxylic acids is 2. The Kier molecular flexibility index (Phi) is 6.42. The summed E-state index contributed by atoms with van der Waals surface area (Å²) >= 11 is 1.18. The molecule has 33 heavy (non-hydrogen) atoms. The van der Waals surface area contributed by atoms with E-state index in [2.05, 4.69) is 10.3 Å². The number of carbonyl (C=O) groups is 2. The molecule has 0 saturated carbocycles. The number of hydrogen-bond acceptors (Lipinski definition) is 5. The van der Waals surface area contributed by atoms with Gasteiger partial charge in [0.2, 0.25) is 5.91 Å². The molecule has 0 bridgehead atoms. The van der Waals surface area contributed by atoms with E-state index in [9.17, 15) is 14.4 Å². The Morgan fingerprint density at radius 1 is 0.970 bits per heavy atom. The van der Waals surface area contributed by atoms with Crippen molar-refractivity contribution in [3.8, 4) is 5.69 Å². The van der Waals surface area contributed by atoms with Crippen molar-refractivity contribution in [2.24, 2.45) is 0 Å². The van der Waals surface area contributed by atoms with Crippen LogP contribution in [0.3, 0.4) is 0 Å². The molecule has 0 radical (unpaired) electrons. The number of rotatable bonds is 6. The molecule has 0 unspecified atom stereocenters. The van der Waals surface area contributed by atoms with Gasteiger partial charge in [-0.25, -0.2) is 4.98 Å². The summed E-state index contributed by atoms with van der Waals surface area (Å²) in [7, 11) is 0. The van der Waals surface area contributed by atoms with Gasteiger partial charge >= 0.3 is 0 Å². The zero-order chi connectivity index (χ0) is 23.5. The minimum atomic E-state index is -0.289. The molecular weight excluding hydrogens is 434 g/mol. The first-order valence-electron chi connectivity index (χ1n) is 10.5. The van der Waals surface area contributed by atoms with Gasteiger partial charge in [0.25, 0.3) is 5.56 Å². The maximum Gasteiger partial charge on any atom is 0.266 e. The van der Waals surface area contributed by atoms with E-state index in [1.165, 1.54) is 18.7 Å². The summed E-state index contributed by atoms with van der Waals surface area (Å²) in [6.07, 6.45) is 0. The fraction of sp³-hybridized carbons (Fsp3) is 0.154. The molecule has 0 fully saturated rings. The first-order valence-corrected chi connectivity index (χ1v) is 11.4. The summed E-state index contributed by atoms with van der Waals surface area (Å²) in [6, 6.07) is 20.0. The number of para-hydroxylation sites is 2. The molecule has 4 aromatic rings. The molecule has 3 aromatic carbocycles. The highest BCUT2D eigenvalue weighted by Gasteiger charge is 2.16. The molecule has 0 atom stereocenters. The van der Waals surface area contributed by atoms with E-state index in [0.717, 1.165) is 11.1 Å². The van der Waals surface area contributed by atoms with Crippen molar-refractivity contribution >= 4 is 40.0 Å². The minimum Gasteiger partial charge on any atom is -0.325 e. The quantitative estimate of drug-likeness (QED) is 0.252. The molecular formula is C26H23N3O3S. The number of ketones is 1. The highest BCUT2D eigenvalue weighted by Crippen LogP contribution is 2.23. The second-order valence-corrected chi connectivity index (χ2v) is 8.78. The smallest absolute Gasteiger partial charge is 0.266 e.